The Kier molecular flexibility index (Phi) is 7.89. The van der Waals surface area contributed by atoms with Crippen molar-refractivity contribution in [2.45, 2.75) is 51.7 Å². The van der Waals surface area contributed by atoms with Crippen molar-refractivity contribution in [3.8, 4) is 22.8 Å². The van der Waals surface area contributed by atoms with Gasteiger partial charge in [-0.15, -0.1) is 0 Å². The van der Waals surface area contributed by atoms with Crippen molar-refractivity contribution < 1.29 is 23.8 Å². The van der Waals surface area contributed by atoms with Gasteiger partial charge in [0.15, 0.2) is 0 Å². The average Bonchev–Trinajstić information content (AvgIpc) is 2.90. The Morgan fingerprint density at radius 2 is 2.06 bits per heavy atom. The van der Waals surface area contributed by atoms with E-state index in [1.54, 1.807) is 6.07 Å². The van der Waals surface area contributed by atoms with Crippen LogP contribution >= 0.6 is 0 Å². The Morgan fingerprint density at radius 3 is 2.78 bits per heavy atom. The highest BCUT2D eigenvalue weighted by Gasteiger charge is 2.25. The van der Waals surface area contributed by atoms with Crippen LogP contribution in [0.2, 0.25) is 0 Å². The third-order valence-electron chi connectivity index (χ3n) is 7.09. The molecule has 1 unspecified atom stereocenters. The lowest BCUT2D eigenvalue weighted by Gasteiger charge is -2.30. The predicted molar refractivity (Wildman–Crippen MR) is 137 cm³/mol. The van der Waals surface area contributed by atoms with Crippen LogP contribution < -0.4 is 9.47 Å². The van der Waals surface area contributed by atoms with Gasteiger partial charge in [0.1, 0.15) is 17.7 Å². The Hall–Kier alpha value is -3.45. The van der Waals surface area contributed by atoms with Gasteiger partial charge in [-0.25, -0.2) is 9.37 Å². The molecular formula is C29H33FN2O4. The molecule has 0 amide bonds. The number of rotatable bonds is 9. The SMILES string of the molecule is CCN(C)C(C)c1cc([C@@H]2CCc3ccc(CCC(=O)O)cc3O2)ccc1-c1cc(OC)ncc1F. The molecule has 7 heteroatoms. The van der Waals surface area contributed by atoms with Gasteiger partial charge in [0.25, 0.3) is 0 Å². The minimum atomic E-state index is -0.812. The van der Waals surface area contributed by atoms with Crippen molar-refractivity contribution in [2.75, 3.05) is 20.7 Å². The second kappa shape index (κ2) is 11.1. The van der Waals surface area contributed by atoms with E-state index in [1.165, 1.54) is 13.3 Å². The maximum atomic E-state index is 14.9. The van der Waals surface area contributed by atoms with Gasteiger partial charge in [0.05, 0.1) is 13.3 Å². The largest absolute Gasteiger partial charge is 0.485 e. The van der Waals surface area contributed by atoms with Crippen molar-refractivity contribution in [2.24, 2.45) is 0 Å². The monoisotopic (exact) mass is 492 g/mol. The number of carboxylic acid groups (broad SMARTS) is 1. The molecule has 1 aromatic heterocycles. The molecule has 0 spiro atoms. The number of hydrogen-bond donors (Lipinski definition) is 1. The van der Waals surface area contributed by atoms with Gasteiger partial charge < -0.3 is 14.6 Å². The van der Waals surface area contributed by atoms with Crippen molar-refractivity contribution in [1.29, 1.82) is 0 Å². The zero-order valence-electron chi connectivity index (χ0n) is 21.3. The number of benzene rings is 2. The van der Waals surface area contributed by atoms with E-state index in [9.17, 15) is 9.18 Å². The van der Waals surface area contributed by atoms with E-state index in [0.717, 1.165) is 53.0 Å². The van der Waals surface area contributed by atoms with E-state index < -0.39 is 11.8 Å². The van der Waals surface area contributed by atoms with Crippen LogP contribution in [0.4, 0.5) is 4.39 Å². The summed E-state index contributed by atoms with van der Waals surface area (Å²) >= 11 is 0. The van der Waals surface area contributed by atoms with E-state index in [0.29, 0.717) is 17.9 Å². The molecule has 0 saturated carbocycles. The fourth-order valence-electron chi connectivity index (χ4n) is 4.68. The molecule has 2 aromatic carbocycles. The first-order valence-electron chi connectivity index (χ1n) is 12.3. The van der Waals surface area contributed by atoms with Crippen LogP contribution in [0, 0.1) is 5.82 Å². The molecule has 0 radical (unpaired) electrons. The number of methoxy groups -OCH3 is 1. The van der Waals surface area contributed by atoms with Crippen LogP contribution in [0.15, 0.2) is 48.7 Å². The van der Waals surface area contributed by atoms with Gasteiger partial charge in [0, 0.05) is 24.1 Å². The number of pyridine rings is 1. The zero-order chi connectivity index (χ0) is 25.8. The minimum absolute atomic E-state index is 0.0435. The smallest absolute Gasteiger partial charge is 0.303 e. The quantitative estimate of drug-likeness (QED) is 0.395. The number of carbonyl (C=O) groups is 1. The molecule has 1 aliphatic rings. The minimum Gasteiger partial charge on any atom is -0.485 e. The molecule has 3 aromatic rings. The Balaban J connectivity index is 1.69. The summed E-state index contributed by atoms with van der Waals surface area (Å²) in [5.74, 6) is -0.0336. The van der Waals surface area contributed by atoms with Crippen molar-refractivity contribution in [1.82, 2.24) is 9.88 Å². The molecule has 1 N–H and O–H groups in total. The maximum Gasteiger partial charge on any atom is 0.303 e. The Labute approximate surface area is 211 Å². The van der Waals surface area contributed by atoms with Gasteiger partial charge in [-0.1, -0.05) is 31.2 Å². The van der Waals surface area contributed by atoms with Crippen LogP contribution in [-0.4, -0.2) is 41.7 Å². The highest BCUT2D eigenvalue weighted by atomic mass is 19.1. The number of hydrogen-bond acceptors (Lipinski definition) is 5. The molecule has 190 valence electrons. The summed E-state index contributed by atoms with van der Waals surface area (Å²) in [6.45, 7) is 5.06. The highest BCUT2D eigenvalue weighted by molar-refractivity contribution is 5.70. The fraction of sp³-hybridized carbons (Fsp3) is 0.379. The standard InChI is InChI=1S/C29H33FN2O4/c1-5-32(3)18(2)23-15-21(9-11-22(23)24-16-28(35-4)31-17-25(24)30)26-12-10-20-8-6-19(7-13-29(33)34)14-27(20)36-26/h6,8-9,11,14-18,26H,5,7,10,12-13H2,1-4H3,(H,33,34)/t18?,26-/m0/s1. The fourth-order valence-corrected chi connectivity index (χ4v) is 4.68. The molecule has 2 atom stereocenters. The van der Waals surface area contributed by atoms with E-state index in [2.05, 4.69) is 36.8 Å². The molecule has 4 rings (SSSR count). The first-order valence-corrected chi connectivity index (χ1v) is 12.3. The van der Waals surface area contributed by atoms with Gasteiger partial charge >= 0.3 is 5.97 Å². The van der Waals surface area contributed by atoms with Crippen LogP contribution in [0.25, 0.3) is 11.1 Å². The van der Waals surface area contributed by atoms with Gasteiger partial charge in [0.2, 0.25) is 5.88 Å². The van der Waals surface area contributed by atoms with Crippen molar-refractivity contribution >= 4 is 5.97 Å². The zero-order valence-corrected chi connectivity index (χ0v) is 21.3. The number of aromatic nitrogens is 1. The summed E-state index contributed by atoms with van der Waals surface area (Å²) in [6.07, 6.45) is 3.32. The summed E-state index contributed by atoms with van der Waals surface area (Å²) < 4.78 is 26.6. The van der Waals surface area contributed by atoms with Crippen LogP contribution in [0.1, 0.15) is 61.1 Å². The first-order chi connectivity index (χ1) is 17.3. The molecule has 0 bridgehead atoms. The molecule has 0 saturated heterocycles. The molecule has 0 aliphatic carbocycles. The molecular weight excluding hydrogens is 459 g/mol. The third-order valence-corrected chi connectivity index (χ3v) is 7.09. The summed E-state index contributed by atoms with van der Waals surface area (Å²) in [4.78, 5) is 17.2. The lowest BCUT2D eigenvalue weighted by atomic mass is 9.89. The number of fused-ring (bicyclic) bond motifs is 1. The van der Waals surface area contributed by atoms with Crippen LogP contribution in [0.5, 0.6) is 11.6 Å². The van der Waals surface area contributed by atoms with Crippen LogP contribution in [-0.2, 0) is 17.6 Å². The van der Waals surface area contributed by atoms with Gasteiger partial charge in [-0.3, -0.25) is 9.69 Å². The lowest BCUT2D eigenvalue weighted by Crippen LogP contribution is -2.23. The number of nitrogens with zero attached hydrogens (tertiary/aromatic N) is 2. The third kappa shape index (κ3) is 5.51. The Morgan fingerprint density at radius 1 is 1.25 bits per heavy atom. The summed E-state index contributed by atoms with van der Waals surface area (Å²) in [5.41, 5.74) is 5.39. The maximum absolute atomic E-state index is 14.9. The van der Waals surface area contributed by atoms with Crippen molar-refractivity contribution in [3.05, 3.63) is 76.7 Å². The topological polar surface area (TPSA) is 71.9 Å². The molecule has 1 aliphatic heterocycles. The molecule has 2 heterocycles. The van der Waals surface area contributed by atoms with Crippen molar-refractivity contribution in [3.63, 3.8) is 0 Å². The summed E-state index contributed by atoms with van der Waals surface area (Å²) in [7, 11) is 3.57. The van der Waals surface area contributed by atoms with E-state index in [-0.39, 0.29) is 18.6 Å². The average molecular weight is 493 g/mol. The normalized spacial score (nSPS) is 15.8. The predicted octanol–water partition coefficient (Wildman–Crippen LogP) is 5.99. The number of aliphatic carboxylic acids is 1. The molecule has 0 fully saturated rings. The van der Waals surface area contributed by atoms with E-state index >= 15 is 0 Å². The molecule has 36 heavy (non-hydrogen) atoms. The van der Waals surface area contributed by atoms with E-state index in [1.807, 2.05) is 30.3 Å². The van der Waals surface area contributed by atoms with Gasteiger partial charge in [-0.2, -0.15) is 0 Å². The first kappa shape index (κ1) is 25.6. The highest BCUT2D eigenvalue weighted by Crippen LogP contribution is 2.39. The second-order valence-corrected chi connectivity index (χ2v) is 9.28. The second-order valence-electron chi connectivity index (χ2n) is 9.28. The van der Waals surface area contributed by atoms with Gasteiger partial charge in [-0.05, 0) is 79.7 Å². The number of halogens is 1. The Bertz CT molecular complexity index is 1250. The number of ether oxygens (including phenoxy) is 2. The number of aryl methyl sites for hydroxylation is 2. The summed E-state index contributed by atoms with van der Waals surface area (Å²) in [5, 5.41) is 9.01. The summed E-state index contributed by atoms with van der Waals surface area (Å²) in [6, 6.07) is 13.8. The lowest BCUT2D eigenvalue weighted by molar-refractivity contribution is -0.136. The van der Waals surface area contributed by atoms with E-state index in [4.69, 9.17) is 14.6 Å². The number of carboxylic acids is 1. The van der Waals surface area contributed by atoms with Crippen LogP contribution in [0.3, 0.4) is 0 Å². The molecule has 6 nitrogen and oxygen atoms in total.